The highest BCUT2D eigenvalue weighted by molar-refractivity contribution is 8.21. The van der Waals surface area contributed by atoms with Crippen molar-refractivity contribution in [3.8, 4) is 0 Å². The first-order valence-electron chi connectivity index (χ1n) is 2.47. The van der Waals surface area contributed by atoms with Crippen molar-refractivity contribution >= 4 is 21.7 Å². The van der Waals surface area contributed by atoms with Gasteiger partial charge in [0.2, 0.25) is 0 Å². The van der Waals surface area contributed by atoms with Crippen LogP contribution in [0.3, 0.4) is 0 Å². The molecule has 0 saturated carbocycles. The summed E-state index contributed by atoms with van der Waals surface area (Å²) in [5.74, 6) is -1.22. The molecule has 0 saturated heterocycles. The topological polar surface area (TPSA) is 0 Å². The Labute approximate surface area is 65.7 Å². The second-order valence-corrected chi connectivity index (χ2v) is 2.71. The molecule has 0 radical (unpaired) electrons. The van der Waals surface area contributed by atoms with Crippen molar-refractivity contribution in [1.82, 2.24) is 0 Å². The van der Waals surface area contributed by atoms with Gasteiger partial charge in [-0.3, -0.25) is 0 Å². The molecule has 0 aliphatic rings. The second kappa shape index (κ2) is 3.21. The monoisotopic (exact) mass is 180 g/mol. The Balaban J connectivity index is 3.07. The number of hydrogen-bond donors (Lipinski definition) is 0. The molecule has 0 aliphatic carbocycles. The smallest absolute Gasteiger partial charge is 0.140 e. The first kappa shape index (κ1) is 7.82. The SMILES string of the molecule is Fc1ccc(SCl)c(F)c1. The zero-order chi connectivity index (χ0) is 7.56. The van der Waals surface area contributed by atoms with E-state index < -0.39 is 11.6 Å². The van der Waals surface area contributed by atoms with Crippen molar-refractivity contribution in [3.63, 3.8) is 0 Å². The molecule has 0 nitrogen and oxygen atoms in total. The summed E-state index contributed by atoms with van der Waals surface area (Å²) in [7, 11) is 5.97. The lowest BCUT2D eigenvalue weighted by Gasteiger charge is -1.94. The summed E-state index contributed by atoms with van der Waals surface area (Å²) in [6.45, 7) is 0. The largest absolute Gasteiger partial charge is 0.207 e. The van der Waals surface area contributed by atoms with E-state index >= 15 is 0 Å². The summed E-state index contributed by atoms with van der Waals surface area (Å²) in [6.07, 6.45) is 0. The predicted octanol–water partition coefficient (Wildman–Crippen LogP) is 3.21. The van der Waals surface area contributed by atoms with Crippen LogP contribution in [0.1, 0.15) is 0 Å². The standard InChI is InChI=1S/C6H3ClF2S/c7-10-6-2-1-4(8)3-5(6)9/h1-3H. The molecule has 0 aromatic heterocycles. The third kappa shape index (κ3) is 1.61. The fraction of sp³-hybridized carbons (Fsp3) is 0. The molecule has 0 unspecified atom stereocenters. The van der Waals surface area contributed by atoms with Gasteiger partial charge in [0, 0.05) is 6.07 Å². The molecule has 1 aromatic carbocycles. The molecule has 0 bridgehead atoms. The Bertz CT molecular complexity index is 239. The Hall–Kier alpha value is -0.280. The minimum absolute atomic E-state index is 0.239. The van der Waals surface area contributed by atoms with Crippen LogP contribution in [-0.2, 0) is 0 Å². The Morgan fingerprint density at radius 1 is 1.30 bits per heavy atom. The van der Waals surface area contributed by atoms with Gasteiger partial charge in [0.25, 0.3) is 0 Å². The van der Waals surface area contributed by atoms with Gasteiger partial charge in [0.1, 0.15) is 11.6 Å². The number of halogens is 3. The Kier molecular flexibility index (Phi) is 2.51. The summed E-state index contributed by atoms with van der Waals surface area (Å²) in [4.78, 5) is 0.239. The third-order valence-corrected chi connectivity index (χ3v) is 1.97. The van der Waals surface area contributed by atoms with E-state index in [0.717, 1.165) is 23.1 Å². The maximum Gasteiger partial charge on any atom is 0.140 e. The van der Waals surface area contributed by atoms with Gasteiger partial charge in [0.05, 0.1) is 4.90 Å². The van der Waals surface area contributed by atoms with Gasteiger partial charge in [0.15, 0.2) is 0 Å². The van der Waals surface area contributed by atoms with Crippen molar-refractivity contribution in [2.45, 2.75) is 4.90 Å². The molecular formula is C6H3ClF2S. The van der Waals surface area contributed by atoms with Crippen LogP contribution in [0.25, 0.3) is 0 Å². The average molecular weight is 181 g/mol. The average Bonchev–Trinajstić information content (AvgIpc) is 1.88. The van der Waals surface area contributed by atoms with Gasteiger partial charge in [-0.25, -0.2) is 8.78 Å². The summed E-state index contributed by atoms with van der Waals surface area (Å²) in [5, 5.41) is 0. The molecule has 0 aliphatic heterocycles. The lowest BCUT2D eigenvalue weighted by atomic mass is 10.3. The van der Waals surface area contributed by atoms with Crippen LogP contribution >= 0.6 is 21.7 Å². The van der Waals surface area contributed by atoms with Crippen LogP contribution < -0.4 is 0 Å². The molecule has 0 amide bonds. The maximum atomic E-state index is 12.5. The molecule has 0 heterocycles. The van der Waals surface area contributed by atoms with Crippen LogP contribution in [0.15, 0.2) is 23.1 Å². The van der Waals surface area contributed by atoms with Crippen molar-refractivity contribution in [1.29, 1.82) is 0 Å². The summed E-state index contributed by atoms with van der Waals surface area (Å²) in [5.41, 5.74) is 0. The fourth-order valence-corrected chi connectivity index (χ4v) is 1.17. The van der Waals surface area contributed by atoms with Gasteiger partial charge in [-0.2, -0.15) is 0 Å². The molecular weight excluding hydrogens is 178 g/mol. The van der Waals surface area contributed by atoms with Gasteiger partial charge in [-0.1, -0.05) is 0 Å². The summed E-state index contributed by atoms with van der Waals surface area (Å²) < 4.78 is 24.7. The highest BCUT2D eigenvalue weighted by atomic mass is 35.7. The molecule has 0 spiro atoms. The Morgan fingerprint density at radius 3 is 2.50 bits per heavy atom. The van der Waals surface area contributed by atoms with E-state index in [1.54, 1.807) is 0 Å². The minimum Gasteiger partial charge on any atom is -0.207 e. The minimum atomic E-state index is -0.625. The first-order chi connectivity index (χ1) is 4.74. The zero-order valence-corrected chi connectivity index (χ0v) is 6.35. The lowest BCUT2D eigenvalue weighted by molar-refractivity contribution is 0.566. The van der Waals surface area contributed by atoms with E-state index in [4.69, 9.17) is 10.7 Å². The van der Waals surface area contributed by atoms with Gasteiger partial charge >= 0.3 is 0 Å². The molecule has 54 valence electrons. The molecule has 4 heteroatoms. The van der Waals surface area contributed by atoms with Crippen LogP contribution in [0, 0.1) is 11.6 Å². The fourth-order valence-electron chi connectivity index (χ4n) is 0.538. The van der Waals surface area contributed by atoms with E-state index in [9.17, 15) is 8.78 Å². The number of benzene rings is 1. The van der Waals surface area contributed by atoms with Gasteiger partial charge in [-0.05, 0) is 33.8 Å². The predicted molar refractivity (Wildman–Crippen MR) is 38.1 cm³/mol. The van der Waals surface area contributed by atoms with Crippen molar-refractivity contribution in [2.75, 3.05) is 0 Å². The zero-order valence-electron chi connectivity index (χ0n) is 4.77. The van der Waals surface area contributed by atoms with Gasteiger partial charge in [-0.15, -0.1) is 0 Å². The van der Waals surface area contributed by atoms with Crippen molar-refractivity contribution in [2.24, 2.45) is 0 Å². The maximum absolute atomic E-state index is 12.5. The molecule has 0 atom stereocenters. The van der Waals surface area contributed by atoms with Crippen molar-refractivity contribution in [3.05, 3.63) is 29.8 Å². The van der Waals surface area contributed by atoms with Crippen LogP contribution in [0.4, 0.5) is 8.78 Å². The lowest BCUT2D eigenvalue weighted by Crippen LogP contribution is -1.80. The first-order valence-corrected chi connectivity index (χ1v) is 4.12. The van der Waals surface area contributed by atoms with Gasteiger partial charge < -0.3 is 0 Å². The summed E-state index contributed by atoms with van der Waals surface area (Å²) in [6, 6.07) is 3.25. The van der Waals surface area contributed by atoms with E-state index in [-0.39, 0.29) is 4.90 Å². The Morgan fingerprint density at radius 2 is 2.00 bits per heavy atom. The molecule has 10 heavy (non-hydrogen) atoms. The summed E-state index contributed by atoms with van der Waals surface area (Å²) >= 11 is 0. The highest BCUT2D eigenvalue weighted by Crippen LogP contribution is 2.24. The van der Waals surface area contributed by atoms with Crippen molar-refractivity contribution < 1.29 is 8.78 Å². The highest BCUT2D eigenvalue weighted by Gasteiger charge is 2.01. The molecule has 1 rings (SSSR count). The number of hydrogen-bond acceptors (Lipinski definition) is 1. The van der Waals surface area contributed by atoms with Crippen LogP contribution in [0.2, 0.25) is 0 Å². The van der Waals surface area contributed by atoms with Crippen LogP contribution in [-0.4, -0.2) is 0 Å². The third-order valence-electron chi connectivity index (χ3n) is 0.977. The van der Waals surface area contributed by atoms with E-state index in [2.05, 4.69) is 0 Å². The second-order valence-electron chi connectivity index (χ2n) is 1.65. The molecule has 0 fully saturated rings. The molecule has 0 N–H and O–H groups in total. The molecule has 1 aromatic rings. The van der Waals surface area contributed by atoms with Crippen LogP contribution in [0.5, 0.6) is 0 Å². The quantitative estimate of drug-likeness (QED) is 0.640. The van der Waals surface area contributed by atoms with E-state index in [1.165, 1.54) is 6.07 Å². The van der Waals surface area contributed by atoms with E-state index in [1.807, 2.05) is 0 Å². The van der Waals surface area contributed by atoms with E-state index in [0.29, 0.717) is 0 Å². The number of rotatable bonds is 1. The normalized spacial score (nSPS) is 9.90.